The number of benzene rings is 2. The molecular formula is C19H16F2N4O2. The van der Waals surface area contributed by atoms with Crippen molar-refractivity contribution in [2.45, 2.75) is 6.17 Å². The molecule has 1 aromatic heterocycles. The number of rotatable bonds is 3. The maximum absolute atomic E-state index is 14.1. The molecule has 0 saturated heterocycles. The van der Waals surface area contributed by atoms with Crippen molar-refractivity contribution in [1.82, 2.24) is 15.5 Å². The average Bonchev–Trinajstić information content (AvgIpc) is 3.14. The number of nitrogens with zero attached hydrogens (tertiary/aromatic N) is 2. The number of fused-ring (bicyclic) bond motifs is 1. The smallest absolute Gasteiger partial charge is 0.255 e. The fourth-order valence-corrected chi connectivity index (χ4v) is 3.33. The van der Waals surface area contributed by atoms with Gasteiger partial charge in [-0.25, -0.2) is 8.78 Å². The summed E-state index contributed by atoms with van der Waals surface area (Å²) in [5, 5.41) is 9.68. The second-order valence-electron chi connectivity index (χ2n) is 6.18. The van der Waals surface area contributed by atoms with E-state index in [-0.39, 0.29) is 11.5 Å². The van der Waals surface area contributed by atoms with Crippen molar-refractivity contribution in [3.8, 4) is 17.0 Å². The first kappa shape index (κ1) is 17.0. The first-order chi connectivity index (χ1) is 13.0. The van der Waals surface area contributed by atoms with Crippen LogP contribution in [0.3, 0.4) is 0 Å². The number of anilines is 1. The molecule has 8 heteroatoms. The third kappa shape index (κ3) is 2.69. The predicted molar refractivity (Wildman–Crippen MR) is 95.5 cm³/mol. The number of nitrogens with one attached hydrogen (secondary N) is 2. The van der Waals surface area contributed by atoms with Gasteiger partial charge in [-0.05, 0) is 24.3 Å². The molecule has 138 valence electrons. The number of halogens is 2. The molecule has 0 radical (unpaired) electrons. The fourth-order valence-electron chi connectivity index (χ4n) is 3.33. The Balaban J connectivity index is 1.79. The van der Waals surface area contributed by atoms with Crippen LogP contribution in [0.15, 0.2) is 42.6 Å². The molecule has 4 rings (SSSR count). The second kappa shape index (κ2) is 6.39. The highest BCUT2D eigenvalue weighted by atomic mass is 19.1. The summed E-state index contributed by atoms with van der Waals surface area (Å²) in [5.74, 6) is -2.32. The minimum atomic E-state index is -0.820. The van der Waals surface area contributed by atoms with Crippen molar-refractivity contribution in [2.24, 2.45) is 0 Å². The van der Waals surface area contributed by atoms with Crippen LogP contribution in [0.1, 0.15) is 22.1 Å². The molecule has 2 heterocycles. The number of carbonyl (C=O) groups excluding carboxylic acids is 1. The zero-order chi connectivity index (χ0) is 19.1. The molecule has 0 spiro atoms. The first-order valence-electron chi connectivity index (χ1n) is 8.20. The number of hydrogen-bond acceptors (Lipinski definition) is 4. The summed E-state index contributed by atoms with van der Waals surface area (Å²) < 4.78 is 33.0. The molecule has 1 atom stereocenters. The van der Waals surface area contributed by atoms with Gasteiger partial charge in [0.2, 0.25) is 0 Å². The molecule has 1 aliphatic heterocycles. The molecule has 1 amide bonds. The minimum Gasteiger partial charge on any atom is -0.491 e. The molecule has 3 aromatic rings. The van der Waals surface area contributed by atoms with Crippen molar-refractivity contribution >= 4 is 11.6 Å². The van der Waals surface area contributed by atoms with Gasteiger partial charge >= 0.3 is 0 Å². The van der Waals surface area contributed by atoms with Crippen LogP contribution in [0.5, 0.6) is 5.75 Å². The van der Waals surface area contributed by atoms with Gasteiger partial charge in [-0.2, -0.15) is 5.10 Å². The number of carbonyl (C=O) groups is 1. The van der Waals surface area contributed by atoms with Crippen LogP contribution < -0.4 is 15.0 Å². The Morgan fingerprint density at radius 3 is 2.59 bits per heavy atom. The van der Waals surface area contributed by atoms with E-state index in [1.54, 1.807) is 12.1 Å². The van der Waals surface area contributed by atoms with E-state index >= 15 is 0 Å². The molecule has 6 nitrogen and oxygen atoms in total. The predicted octanol–water partition coefficient (Wildman–Crippen LogP) is 3.24. The van der Waals surface area contributed by atoms with Crippen LogP contribution >= 0.6 is 0 Å². The van der Waals surface area contributed by atoms with Gasteiger partial charge in [0.25, 0.3) is 5.91 Å². The quantitative estimate of drug-likeness (QED) is 0.743. The number of aromatic amines is 1. The zero-order valence-electron chi connectivity index (χ0n) is 14.6. The zero-order valence-corrected chi connectivity index (χ0v) is 14.6. The van der Waals surface area contributed by atoms with E-state index in [1.807, 2.05) is 24.1 Å². The van der Waals surface area contributed by atoms with E-state index in [0.29, 0.717) is 16.8 Å². The van der Waals surface area contributed by atoms with Crippen molar-refractivity contribution in [3.05, 3.63) is 65.4 Å². The molecule has 1 unspecified atom stereocenters. The number of methoxy groups -OCH3 is 1. The lowest BCUT2D eigenvalue weighted by molar-refractivity contribution is 0.0928. The van der Waals surface area contributed by atoms with Gasteiger partial charge in [0.1, 0.15) is 6.17 Å². The van der Waals surface area contributed by atoms with Crippen LogP contribution in [0.4, 0.5) is 14.5 Å². The van der Waals surface area contributed by atoms with Crippen molar-refractivity contribution < 1.29 is 18.3 Å². The number of amides is 1. The van der Waals surface area contributed by atoms with Gasteiger partial charge < -0.3 is 15.0 Å². The summed E-state index contributed by atoms with van der Waals surface area (Å²) in [6, 6.07) is 9.54. The molecule has 0 fully saturated rings. The summed E-state index contributed by atoms with van der Waals surface area (Å²) in [7, 11) is 3.03. The van der Waals surface area contributed by atoms with Crippen LogP contribution in [-0.2, 0) is 0 Å². The normalized spacial score (nSPS) is 16.1. The second-order valence-corrected chi connectivity index (χ2v) is 6.18. The molecule has 27 heavy (non-hydrogen) atoms. The lowest BCUT2D eigenvalue weighted by Gasteiger charge is -2.36. The van der Waals surface area contributed by atoms with Gasteiger partial charge in [-0.1, -0.05) is 12.1 Å². The molecule has 0 aliphatic carbocycles. The van der Waals surface area contributed by atoms with Gasteiger partial charge in [0.15, 0.2) is 17.4 Å². The summed E-state index contributed by atoms with van der Waals surface area (Å²) in [6.07, 6.45) is 0.986. The Morgan fingerprint density at radius 1 is 1.19 bits per heavy atom. The fraction of sp³-hybridized carbons (Fsp3) is 0.158. The first-order valence-corrected chi connectivity index (χ1v) is 8.20. The third-order valence-corrected chi connectivity index (χ3v) is 4.64. The maximum Gasteiger partial charge on any atom is 0.255 e. The van der Waals surface area contributed by atoms with E-state index < -0.39 is 23.5 Å². The topological polar surface area (TPSA) is 70.2 Å². The SMILES string of the molecule is COc1c(F)cc(-c2[nH]ncc2C2NC(=O)c3ccccc3N2C)cc1F. The highest BCUT2D eigenvalue weighted by Gasteiger charge is 2.32. The van der Waals surface area contributed by atoms with Crippen LogP contribution in [0, 0.1) is 11.6 Å². The Bertz CT molecular complexity index is 1010. The highest BCUT2D eigenvalue weighted by molar-refractivity contribution is 6.02. The van der Waals surface area contributed by atoms with Crippen LogP contribution in [-0.4, -0.2) is 30.3 Å². The molecule has 1 aliphatic rings. The lowest BCUT2D eigenvalue weighted by Crippen LogP contribution is -2.44. The number of H-pyrrole nitrogens is 1. The summed E-state index contributed by atoms with van der Waals surface area (Å²) in [5.41, 5.74) is 2.57. The van der Waals surface area contributed by atoms with Gasteiger partial charge in [0.05, 0.1) is 30.3 Å². The van der Waals surface area contributed by atoms with E-state index in [1.165, 1.54) is 13.3 Å². The number of ether oxygens (including phenoxy) is 1. The Hall–Kier alpha value is -3.42. The Kier molecular flexibility index (Phi) is 4.02. The van der Waals surface area contributed by atoms with Crippen LogP contribution in [0.25, 0.3) is 11.3 Å². The monoisotopic (exact) mass is 370 g/mol. The molecule has 2 aromatic carbocycles. The third-order valence-electron chi connectivity index (χ3n) is 4.64. The largest absolute Gasteiger partial charge is 0.491 e. The molecular weight excluding hydrogens is 354 g/mol. The summed E-state index contributed by atoms with van der Waals surface area (Å²) >= 11 is 0. The average molecular weight is 370 g/mol. The minimum absolute atomic E-state index is 0.229. The van der Waals surface area contributed by atoms with Crippen molar-refractivity contribution in [2.75, 3.05) is 19.1 Å². The van der Waals surface area contributed by atoms with Gasteiger partial charge in [0, 0.05) is 18.2 Å². The maximum atomic E-state index is 14.1. The Labute approximate surface area is 153 Å². The van der Waals surface area contributed by atoms with Crippen molar-refractivity contribution in [1.29, 1.82) is 0 Å². The number of aromatic nitrogens is 2. The van der Waals surface area contributed by atoms with E-state index in [9.17, 15) is 13.6 Å². The Morgan fingerprint density at radius 2 is 1.89 bits per heavy atom. The standard InChI is InChI=1S/C19H16F2N4O2/c1-25-15-6-4-3-5-11(15)19(26)23-18(25)12-9-22-24-16(12)10-7-13(20)17(27-2)14(21)8-10/h3-9,18H,1-2H3,(H,22,24)(H,23,26). The molecule has 2 N–H and O–H groups in total. The van der Waals surface area contributed by atoms with E-state index in [2.05, 4.69) is 15.5 Å². The lowest BCUT2D eigenvalue weighted by atomic mass is 10.0. The van der Waals surface area contributed by atoms with Gasteiger partial charge in [-0.3, -0.25) is 9.89 Å². The molecule has 0 saturated carbocycles. The van der Waals surface area contributed by atoms with E-state index in [4.69, 9.17) is 4.74 Å². The van der Waals surface area contributed by atoms with E-state index in [0.717, 1.165) is 17.8 Å². The van der Waals surface area contributed by atoms with Gasteiger partial charge in [-0.15, -0.1) is 0 Å². The summed E-state index contributed by atoms with van der Waals surface area (Å²) in [6.45, 7) is 0. The highest BCUT2D eigenvalue weighted by Crippen LogP contribution is 2.36. The molecule has 0 bridgehead atoms. The number of hydrogen-bond donors (Lipinski definition) is 2. The van der Waals surface area contributed by atoms with Crippen LogP contribution in [0.2, 0.25) is 0 Å². The van der Waals surface area contributed by atoms with Crippen molar-refractivity contribution in [3.63, 3.8) is 0 Å². The number of para-hydroxylation sites is 1. The summed E-state index contributed by atoms with van der Waals surface area (Å²) in [4.78, 5) is 14.3.